The summed E-state index contributed by atoms with van der Waals surface area (Å²) in [6.07, 6.45) is 0. The van der Waals surface area contributed by atoms with E-state index in [4.69, 9.17) is 0 Å². The van der Waals surface area contributed by atoms with Gasteiger partial charge in [-0.05, 0) is 38.5 Å². The van der Waals surface area contributed by atoms with E-state index in [-0.39, 0.29) is 11.8 Å². The van der Waals surface area contributed by atoms with Crippen LogP contribution in [0, 0.1) is 13.8 Å². The van der Waals surface area contributed by atoms with E-state index in [1.165, 1.54) is 16.7 Å². The highest BCUT2D eigenvalue weighted by Gasteiger charge is 2.06. The van der Waals surface area contributed by atoms with Crippen molar-refractivity contribution < 1.29 is 5.11 Å². The van der Waals surface area contributed by atoms with Crippen molar-refractivity contribution in [2.24, 2.45) is 0 Å². The van der Waals surface area contributed by atoms with Crippen molar-refractivity contribution in [3.8, 4) is 5.75 Å². The first-order valence-corrected chi connectivity index (χ1v) is 6.18. The molecule has 1 atom stereocenters. The zero-order valence-corrected chi connectivity index (χ0v) is 11.1. The molecule has 0 spiro atoms. The zero-order chi connectivity index (χ0) is 13.1. The van der Waals surface area contributed by atoms with Gasteiger partial charge in [0.1, 0.15) is 5.75 Å². The van der Waals surface area contributed by atoms with Crippen LogP contribution in [0.15, 0.2) is 42.5 Å². The predicted molar refractivity (Wildman–Crippen MR) is 76.1 cm³/mol. The summed E-state index contributed by atoms with van der Waals surface area (Å²) < 4.78 is 0. The number of benzene rings is 2. The minimum atomic E-state index is 0.213. The largest absolute Gasteiger partial charge is 0.508 e. The van der Waals surface area contributed by atoms with Crippen molar-refractivity contribution in [1.82, 2.24) is 0 Å². The lowest BCUT2D eigenvalue weighted by Gasteiger charge is -2.17. The number of hydrogen-bond acceptors (Lipinski definition) is 2. The Kier molecular flexibility index (Phi) is 3.56. The van der Waals surface area contributed by atoms with Crippen molar-refractivity contribution in [2.75, 3.05) is 5.32 Å². The first kappa shape index (κ1) is 12.5. The average molecular weight is 241 g/mol. The summed E-state index contributed by atoms with van der Waals surface area (Å²) in [4.78, 5) is 0. The van der Waals surface area contributed by atoms with Crippen LogP contribution in [-0.2, 0) is 0 Å². The van der Waals surface area contributed by atoms with E-state index in [1.807, 2.05) is 12.1 Å². The highest BCUT2D eigenvalue weighted by atomic mass is 16.3. The van der Waals surface area contributed by atoms with Crippen molar-refractivity contribution >= 4 is 5.69 Å². The maximum Gasteiger partial charge on any atom is 0.117 e. The molecule has 94 valence electrons. The molecular formula is C16H19NO. The van der Waals surface area contributed by atoms with Crippen molar-refractivity contribution in [2.45, 2.75) is 26.8 Å². The molecule has 0 radical (unpaired) electrons. The van der Waals surface area contributed by atoms with Gasteiger partial charge in [0.25, 0.3) is 0 Å². The maximum absolute atomic E-state index is 9.44. The summed E-state index contributed by atoms with van der Waals surface area (Å²) in [5, 5.41) is 12.8. The minimum Gasteiger partial charge on any atom is -0.508 e. The molecule has 0 fully saturated rings. The summed E-state index contributed by atoms with van der Waals surface area (Å²) in [6.45, 7) is 6.34. The quantitative estimate of drug-likeness (QED) is 0.844. The number of anilines is 1. The van der Waals surface area contributed by atoms with E-state index in [0.717, 1.165) is 5.69 Å². The lowest BCUT2D eigenvalue weighted by molar-refractivity contribution is 0.475. The lowest BCUT2D eigenvalue weighted by Crippen LogP contribution is -2.07. The van der Waals surface area contributed by atoms with Crippen LogP contribution in [0.2, 0.25) is 0 Å². The van der Waals surface area contributed by atoms with Gasteiger partial charge in [-0.1, -0.05) is 35.4 Å². The number of phenols is 1. The van der Waals surface area contributed by atoms with Crippen LogP contribution in [0.1, 0.15) is 29.7 Å². The van der Waals surface area contributed by atoms with Gasteiger partial charge in [0.15, 0.2) is 0 Å². The zero-order valence-electron chi connectivity index (χ0n) is 11.1. The van der Waals surface area contributed by atoms with E-state index in [0.29, 0.717) is 0 Å². The van der Waals surface area contributed by atoms with Gasteiger partial charge in [-0.2, -0.15) is 0 Å². The van der Waals surface area contributed by atoms with Crippen LogP contribution in [0.25, 0.3) is 0 Å². The van der Waals surface area contributed by atoms with E-state index in [9.17, 15) is 5.11 Å². The predicted octanol–water partition coefficient (Wildman–Crippen LogP) is 4.18. The van der Waals surface area contributed by atoms with E-state index < -0.39 is 0 Å². The summed E-state index contributed by atoms with van der Waals surface area (Å²) >= 11 is 0. The molecule has 0 saturated heterocycles. The average Bonchev–Trinajstić information content (AvgIpc) is 2.27. The topological polar surface area (TPSA) is 32.3 Å². The summed E-state index contributed by atoms with van der Waals surface area (Å²) in [6, 6.07) is 14.0. The first-order valence-electron chi connectivity index (χ1n) is 6.18. The van der Waals surface area contributed by atoms with Crippen LogP contribution in [0.3, 0.4) is 0 Å². The Morgan fingerprint density at radius 3 is 2.28 bits per heavy atom. The number of aromatic hydroxyl groups is 1. The van der Waals surface area contributed by atoms with Gasteiger partial charge in [-0.25, -0.2) is 0 Å². The Morgan fingerprint density at radius 2 is 1.67 bits per heavy atom. The van der Waals surface area contributed by atoms with Crippen LogP contribution in [0.4, 0.5) is 5.69 Å². The molecule has 0 bridgehead atoms. The third-order valence-electron chi connectivity index (χ3n) is 2.97. The number of aryl methyl sites for hydroxylation is 2. The molecule has 2 N–H and O–H groups in total. The normalized spacial score (nSPS) is 12.2. The molecule has 0 heterocycles. The molecule has 2 heteroatoms. The number of phenolic OH excluding ortho intramolecular Hbond substituents is 1. The summed E-state index contributed by atoms with van der Waals surface area (Å²) in [7, 11) is 0. The molecule has 18 heavy (non-hydrogen) atoms. The fourth-order valence-corrected chi connectivity index (χ4v) is 2.19. The number of nitrogens with one attached hydrogen (secondary N) is 1. The molecule has 0 amide bonds. The minimum absolute atomic E-state index is 0.213. The van der Waals surface area contributed by atoms with Gasteiger partial charge in [0.05, 0.1) is 0 Å². The Balaban J connectivity index is 2.19. The van der Waals surface area contributed by atoms with Crippen molar-refractivity contribution in [3.63, 3.8) is 0 Å². The first-order chi connectivity index (χ1) is 8.54. The Hall–Kier alpha value is -1.96. The standard InChI is InChI=1S/C16H19NO/c1-11-7-12(2)9-14(8-11)13(3)17-15-5-4-6-16(18)10-15/h4-10,13,17-18H,1-3H3. The highest BCUT2D eigenvalue weighted by Crippen LogP contribution is 2.23. The second-order valence-corrected chi connectivity index (χ2v) is 4.84. The Morgan fingerprint density at radius 1 is 1.00 bits per heavy atom. The maximum atomic E-state index is 9.44. The molecule has 0 aromatic heterocycles. The number of hydrogen-bond donors (Lipinski definition) is 2. The molecule has 2 aromatic rings. The Labute approximate surface area is 108 Å². The second-order valence-electron chi connectivity index (χ2n) is 4.84. The van der Waals surface area contributed by atoms with Gasteiger partial charge in [0.2, 0.25) is 0 Å². The van der Waals surface area contributed by atoms with Crippen molar-refractivity contribution in [1.29, 1.82) is 0 Å². The van der Waals surface area contributed by atoms with E-state index in [1.54, 1.807) is 12.1 Å². The molecule has 0 aliphatic rings. The molecule has 2 nitrogen and oxygen atoms in total. The van der Waals surface area contributed by atoms with Crippen LogP contribution >= 0.6 is 0 Å². The molecule has 0 aliphatic heterocycles. The molecule has 2 aromatic carbocycles. The number of rotatable bonds is 3. The van der Waals surface area contributed by atoms with Crippen LogP contribution in [-0.4, -0.2) is 5.11 Å². The molecule has 2 rings (SSSR count). The lowest BCUT2D eigenvalue weighted by atomic mass is 10.0. The van der Waals surface area contributed by atoms with Gasteiger partial charge < -0.3 is 10.4 Å². The van der Waals surface area contributed by atoms with Gasteiger partial charge in [-0.15, -0.1) is 0 Å². The van der Waals surface area contributed by atoms with Gasteiger partial charge >= 0.3 is 0 Å². The second kappa shape index (κ2) is 5.13. The monoisotopic (exact) mass is 241 g/mol. The fraction of sp³-hybridized carbons (Fsp3) is 0.250. The summed E-state index contributed by atoms with van der Waals surface area (Å²) in [5.74, 6) is 0.285. The van der Waals surface area contributed by atoms with Crippen molar-refractivity contribution in [3.05, 3.63) is 59.2 Å². The molecule has 0 aliphatic carbocycles. The van der Waals surface area contributed by atoms with E-state index in [2.05, 4.69) is 44.3 Å². The third-order valence-corrected chi connectivity index (χ3v) is 2.97. The molecular weight excluding hydrogens is 222 g/mol. The fourth-order valence-electron chi connectivity index (χ4n) is 2.19. The van der Waals surface area contributed by atoms with Crippen LogP contribution in [0.5, 0.6) is 5.75 Å². The van der Waals surface area contributed by atoms with Gasteiger partial charge in [0, 0.05) is 17.8 Å². The van der Waals surface area contributed by atoms with E-state index >= 15 is 0 Å². The third kappa shape index (κ3) is 3.04. The van der Waals surface area contributed by atoms with Gasteiger partial charge in [-0.3, -0.25) is 0 Å². The molecule has 0 saturated carbocycles. The smallest absolute Gasteiger partial charge is 0.117 e. The van der Waals surface area contributed by atoms with Crippen LogP contribution < -0.4 is 5.32 Å². The Bertz CT molecular complexity index is 528. The molecule has 1 unspecified atom stereocenters. The SMILES string of the molecule is Cc1cc(C)cc(C(C)Nc2cccc(O)c2)c1. The highest BCUT2D eigenvalue weighted by molar-refractivity contribution is 5.49. The summed E-state index contributed by atoms with van der Waals surface area (Å²) in [5.41, 5.74) is 4.74.